The molecule has 1 aromatic rings. The van der Waals surface area contributed by atoms with Crippen molar-refractivity contribution in [3.05, 3.63) is 24.2 Å². The van der Waals surface area contributed by atoms with Crippen LogP contribution in [0.5, 0.6) is 0 Å². The summed E-state index contributed by atoms with van der Waals surface area (Å²) in [5.74, 6) is 0.812. The van der Waals surface area contributed by atoms with E-state index in [-0.39, 0.29) is 6.10 Å². The van der Waals surface area contributed by atoms with Crippen molar-refractivity contribution in [1.82, 2.24) is 0 Å². The predicted molar refractivity (Wildman–Crippen MR) is 52.4 cm³/mol. The van der Waals surface area contributed by atoms with Crippen molar-refractivity contribution in [3.63, 3.8) is 0 Å². The van der Waals surface area contributed by atoms with Gasteiger partial charge in [-0.3, -0.25) is 0 Å². The van der Waals surface area contributed by atoms with Gasteiger partial charge in [-0.25, -0.2) is 0 Å². The van der Waals surface area contributed by atoms with Gasteiger partial charge >= 0.3 is 0 Å². The third-order valence-electron chi connectivity index (χ3n) is 2.53. The Kier molecular flexibility index (Phi) is 3.55. The highest BCUT2D eigenvalue weighted by Gasteiger charge is 2.19. The quantitative estimate of drug-likeness (QED) is 0.776. The van der Waals surface area contributed by atoms with E-state index >= 15 is 0 Å². The van der Waals surface area contributed by atoms with Crippen LogP contribution < -0.4 is 0 Å². The Labute approximate surface area is 79.6 Å². The third-order valence-corrected chi connectivity index (χ3v) is 2.53. The van der Waals surface area contributed by atoms with Gasteiger partial charge in [-0.2, -0.15) is 0 Å². The lowest BCUT2D eigenvalue weighted by molar-refractivity contribution is 0.0976. The van der Waals surface area contributed by atoms with E-state index in [4.69, 9.17) is 4.42 Å². The summed E-state index contributed by atoms with van der Waals surface area (Å²) in [5.41, 5.74) is 1.17. The fraction of sp³-hybridized carbons (Fsp3) is 0.636. The molecule has 1 aromatic heterocycles. The first-order valence-electron chi connectivity index (χ1n) is 4.80. The van der Waals surface area contributed by atoms with E-state index in [0.29, 0.717) is 11.8 Å². The van der Waals surface area contributed by atoms with E-state index in [1.54, 1.807) is 12.5 Å². The van der Waals surface area contributed by atoms with Gasteiger partial charge < -0.3 is 9.52 Å². The first-order valence-corrected chi connectivity index (χ1v) is 4.80. The van der Waals surface area contributed by atoms with E-state index in [9.17, 15) is 5.11 Å². The zero-order valence-corrected chi connectivity index (χ0v) is 8.53. The summed E-state index contributed by atoms with van der Waals surface area (Å²) in [6.07, 6.45) is 4.06. The first-order chi connectivity index (χ1) is 6.11. The Balaban J connectivity index is 2.58. The first kappa shape index (κ1) is 10.3. The minimum atomic E-state index is -0.255. The molecule has 0 radical (unpaired) electrons. The number of aliphatic hydroxyl groups excluding tert-OH is 1. The summed E-state index contributed by atoms with van der Waals surface area (Å²) < 4.78 is 4.99. The molecular formula is C11H18O2. The fourth-order valence-electron chi connectivity index (χ4n) is 1.64. The van der Waals surface area contributed by atoms with E-state index in [2.05, 4.69) is 13.8 Å². The number of aliphatic hydroxyl groups is 1. The zero-order valence-electron chi connectivity index (χ0n) is 8.53. The third kappa shape index (κ3) is 2.88. The van der Waals surface area contributed by atoms with Crippen LogP contribution in [-0.2, 0) is 6.42 Å². The van der Waals surface area contributed by atoms with Gasteiger partial charge in [0.25, 0.3) is 0 Å². The van der Waals surface area contributed by atoms with Crippen LogP contribution in [0, 0.1) is 11.8 Å². The summed E-state index contributed by atoms with van der Waals surface area (Å²) in [6.45, 7) is 6.12. The molecule has 2 heteroatoms. The molecule has 74 valence electrons. The lowest BCUT2D eigenvalue weighted by atomic mass is 9.86. The Hall–Kier alpha value is -0.760. The van der Waals surface area contributed by atoms with Gasteiger partial charge in [0, 0.05) is 0 Å². The Bertz CT molecular complexity index is 216. The molecular weight excluding hydrogens is 164 g/mol. The van der Waals surface area contributed by atoms with Crippen LogP contribution in [0.2, 0.25) is 0 Å². The fourth-order valence-corrected chi connectivity index (χ4v) is 1.64. The van der Waals surface area contributed by atoms with Crippen molar-refractivity contribution < 1.29 is 9.52 Å². The van der Waals surface area contributed by atoms with E-state index < -0.39 is 0 Å². The number of hydrogen-bond acceptors (Lipinski definition) is 2. The van der Waals surface area contributed by atoms with Crippen LogP contribution in [0.3, 0.4) is 0 Å². The molecule has 0 aliphatic carbocycles. The molecule has 1 heterocycles. The van der Waals surface area contributed by atoms with E-state index in [1.807, 2.05) is 13.0 Å². The Morgan fingerprint density at radius 3 is 2.46 bits per heavy atom. The second-order valence-corrected chi connectivity index (χ2v) is 3.98. The molecule has 0 aliphatic rings. The molecule has 2 unspecified atom stereocenters. The van der Waals surface area contributed by atoms with Crippen LogP contribution in [0.4, 0.5) is 0 Å². The molecule has 0 fully saturated rings. The molecule has 1 N–H and O–H groups in total. The summed E-state index contributed by atoms with van der Waals surface area (Å²) in [6, 6.07) is 1.96. The molecule has 0 spiro atoms. The number of furan rings is 1. The van der Waals surface area contributed by atoms with E-state index in [0.717, 1.165) is 6.42 Å². The molecule has 0 aromatic carbocycles. The standard InChI is InChI=1S/C11H18O2/c1-8(2)11(9(3)12)6-10-4-5-13-7-10/h4-5,7-9,11-12H,6H2,1-3H3. The van der Waals surface area contributed by atoms with Gasteiger partial charge in [0.1, 0.15) is 0 Å². The largest absolute Gasteiger partial charge is 0.472 e. The summed E-state index contributed by atoms with van der Waals surface area (Å²) in [4.78, 5) is 0. The molecule has 2 atom stereocenters. The minimum absolute atomic E-state index is 0.255. The Morgan fingerprint density at radius 2 is 2.08 bits per heavy atom. The summed E-state index contributed by atoms with van der Waals surface area (Å²) in [5, 5.41) is 9.55. The molecule has 0 aliphatic heterocycles. The van der Waals surface area contributed by atoms with Crippen LogP contribution in [0.1, 0.15) is 26.3 Å². The van der Waals surface area contributed by atoms with Crippen LogP contribution in [-0.4, -0.2) is 11.2 Å². The number of hydrogen-bond donors (Lipinski definition) is 1. The van der Waals surface area contributed by atoms with Crippen molar-refractivity contribution in [3.8, 4) is 0 Å². The number of rotatable bonds is 4. The van der Waals surface area contributed by atoms with Gasteiger partial charge in [-0.1, -0.05) is 13.8 Å². The van der Waals surface area contributed by atoms with Crippen molar-refractivity contribution in [2.24, 2.45) is 11.8 Å². The maximum Gasteiger partial charge on any atom is 0.0934 e. The molecule has 0 saturated carbocycles. The zero-order chi connectivity index (χ0) is 9.84. The smallest absolute Gasteiger partial charge is 0.0934 e. The second kappa shape index (κ2) is 4.47. The maximum atomic E-state index is 9.55. The molecule has 0 bridgehead atoms. The average Bonchev–Trinajstić information content (AvgIpc) is 2.50. The van der Waals surface area contributed by atoms with Gasteiger partial charge in [0.2, 0.25) is 0 Å². The highest BCUT2D eigenvalue weighted by Crippen LogP contribution is 2.20. The average molecular weight is 182 g/mol. The van der Waals surface area contributed by atoms with Crippen molar-refractivity contribution in [1.29, 1.82) is 0 Å². The normalized spacial score (nSPS) is 16.1. The molecule has 0 amide bonds. The Morgan fingerprint density at radius 1 is 1.38 bits per heavy atom. The van der Waals surface area contributed by atoms with Gasteiger partial charge in [-0.15, -0.1) is 0 Å². The highest BCUT2D eigenvalue weighted by atomic mass is 16.3. The van der Waals surface area contributed by atoms with Crippen molar-refractivity contribution >= 4 is 0 Å². The lowest BCUT2D eigenvalue weighted by Gasteiger charge is -2.22. The monoisotopic (exact) mass is 182 g/mol. The molecule has 2 nitrogen and oxygen atoms in total. The van der Waals surface area contributed by atoms with Gasteiger partial charge in [0.15, 0.2) is 0 Å². The van der Waals surface area contributed by atoms with Gasteiger partial charge in [0.05, 0.1) is 18.6 Å². The lowest BCUT2D eigenvalue weighted by Crippen LogP contribution is -2.24. The van der Waals surface area contributed by atoms with Crippen LogP contribution in [0.15, 0.2) is 23.0 Å². The van der Waals surface area contributed by atoms with Crippen LogP contribution in [0.25, 0.3) is 0 Å². The molecule has 0 saturated heterocycles. The highest BCUT2D eigenvalue weighted by molar-refractivity contribution is 5.06. The van der Waals surface area contributed by atoms with Crippen molar-refractivity contribution in [2.45, 2.75) is 33.3 Å². The van der Waals surface area contributed by atoms with Gasteiger partial charge in [-0.05, 0) is 36.8 Å². The SMILES string of the molecule is CC(C)C(Cc1ccoc1)C(C)O. The van der Waals surface area contributed by atoms with E-state index in [1.165, 1.54) is 5.56 Å². The summed E-state index contributed by atoms with van der Waals surface area (Å²) in [7, 11) is 0. The maximum absolute atomic E-state index is 9.55. The topological polar surface area (TPSA) is 33.4 Å². The van der Waals surface area contributed by atoms with Crippen LogP contribution >= 0.6 is 0 Å². The molecule has 1 rings (SSSR count). The van der Waals surface area contributed by atoms with Crippen molar-refractivity contribution in [2.75, 3.05) is 0 Å². The second-order valence-electron chi connectivity index (χ2n) is 3.98. The molecule has 13 heavy (non-hydrogen) atoms. The predicted octanol–water partition coefficient (Wildman–Crippen LogP) is 2.48. The summed E-state index contributed by atoms with van der Waals surface area (Å²) >= 11 is 0. The minimum Gasteiger partial charge on any atom is -0.472 e.